The monoisotopic (exact) mass is 239 g/mol. The number of nitrogens with one attached hydrogen (secondary N) is 1. The van der Waals surface area contributed by atoms with Crippen LogP contribution in [0.4, 0.5) is 4.39 Å². The molecule has 0 fully saturated rings. The Morgan fingerprint density at radius 1 is 1.53 bits per heavy atom. The second kappa shape index (κ2) is 6.20. The fourth-order valence-electron chi connectivity index (χ4n) is 1.45. The molecule has 4 N–H and O–H groups in total. The summed E-state index contributed by atoms with van der Waals surface area (Å²) in [6.45, 7) is 4.35. The number of nitrogens with two attached hydrogens (primary N) is 1. The van der Waals surface area contributed by atoms with Crippen molar-refractivity contribution in [1.29, 1.82) is 0 Å². The van der Waals surface area contributed by atoms with Gasteiger partial charge in [-0.05, 0) is 24.6 Å². The molecule has 1 unspecified atom stereocenters. The van der Waals surface area contributed by atoms with Crippen LogP contribution in [0.25, 0.3) is 0 Å². The van der Waals surface area contributed by atoms with Gasteiger partial charge in [-0.1, -0.05) is 24.2 Å². The number of hydrogen-bond donors (Lipinski definition) is 3. The van der Waals surface area contributed by atoms with Gasteiger partial charge < -0.3 is 16.3 Å². The summed E-state index contributed by atoms with van der Waals surface area (Å²) in [5, 5.41) is 14.7. The Balaban J connectivity index is 2.53. The molecule has 0 saturated carbocycles. The molecule has 1 rings (SSSR count). The third kappa shape index (κ3) is 4.03. The van der Waals surface area contributed by atoms with E-state index in [0.29, 0.717) is 6.54 Å². The summed E-state index contributed by atoms with van der Waals surface area (Å²) in [6.07, 6.45) is 0. The highest BCUT2D eigenvalue weighted by Crippen LogP contribution is 2.13. The van der Waals surface area contributed by atoms with E-state index in [1.165, 1.54) is 12.1 Å². The van der Waals surface area contributed by atoms with Crippen LogP contribution in [0.15, 0.2) is 29.4 Å². The van der Waals surface area contributed by atoms with Gasteiger partial charge in [0.2, 0.25) is 0 Å². The van der Waals surface area contributed by atoms with Crippen LogP contribution < -0.4 is 11.1 Å². The Labute approximate surface area is 100 Å². The van der Waals surface area contributed by atoms with Crippen LogP contribution in [-0.4, -0.2) is 17.6 Å². The molecule has 1 aromatic carbocycles. The van der Waals surface area contributed by atoms with Crippen molar-refractivity contribution < 1.29 is 9.60 Å². The van der Waals surface area contributed by atoms with E-state index in [-0.39, 0.29) is 23.6 Å². The first-order chi connectivity index (χ1) is 8.04. The van der Waals surface area contributed by atoms with Crippen molar-refractivity contribution >= 4 is 5.84 Å². The third-order valence-corrected chi connectivity index (χ3v) is 2.70. The van der Waals surface area contributed by atoms with E-state index in [0.717, 1.165) is 5.56 Å². The van der Waals surface area contributed by atoms with E-state index in [1.807, 2.05) is 19.9 Å². The molecule has 0 bridgehead atoms. The second-order valence-corrected chi connectivity index (χ2v) is 4.11. The molecule has 0 heterocycles. The Morgan fingerprint density at radius 2 is 2.24 bits per heavy atom. The molecule has 0 aliphatic heterocycles. The summed E-state index contributed by atoms with van der Waals surface area (Å²) in [7, 11) is 0. The standard InChI is InChI=1S/C12H18FN3O/c1-8(12(14)16-17)7-15-9(2)10-4-3-5-11(13)6-10/h3-6,8-9,15,17H,7H2,1-2H3,(H2,14,16)/t8?,9-/m1/s1. The Morgan fingerprint density at radius 3 is 2.82 bits per heavy atom. The van der Waals surface area contributed by atoms with Crippen molar-refractivity contribution in [2.45, 2.75) is 19.9 Å². The number of nitrogens with zero attached hydrogens (tertiary/aromatic N) is 1. The second-order valence-electron chi connectivity index (χ2n) is 4.11. The Hall–Kier alpha value is -1.62. The predicted octanol–water partition coefficient (Wildman–Crippen LogP) is 1.86. The molecule has 0 aliphatic rings. The van der Waals surface area contributed by atoms with Crippen molar-refractivity contribution in [1.82, 2.24) is 5.32 Å². The minimum absolute atomic E-state index is 0.0136. The van der Waals surface area contributed by atoms with E-state index in [2.05, 4.69) is 10.5 Å². The first kappa shape index (κ1) is 13.4. The molecule has 0 spiro atoms. The highest BCUT2D eigenvalue weighted by Gasteiger charge is 2.10. The van der Waals surface area contributed by atoms with Gasteiger partial charge in [-0.25, -0.2) is 4.39 Å². The maximum Gasteiger partial charge on any atom is 0.143 e. The lowest BCUT2D eigenvalue weighted by molar-refractivity contribution is 0.313. The summed E-state index contributed by atoms with van der Waals surface area (Å²) < 4.78 is 13.0. The predicted molar refractivity (Wildman–Crippen MR) is 65.4 cm³/mol. The summed E-state index contributed by atoms with van der Waals surface area (Å²) in [6, 6.07) is 6.45. The van der Waals surface area contributed by atoms with E-state index in [1.54, 1.807) is 6.07 Å². The molecule has 0 amide bonds. The van der Waals surface area contributed by atoms with E-state index >= 15 is 0 Å². The van der Waals surface area contributed by atoms with Crippen LogP contribution >= 0.6 is 0 Å². The van der Waals surface area contributed by atoms with Crippen molar-refractivity contribution in [3.05, 3.63) is 35.6 Å². The number of amidine groups is 1. The highest BCUT2D eigenvalue weighted by molar-refractivity contribution is 5.82. The molecule has 2 atom stereocenters. The van der Waals surface area contributed by atoms with Gasteiger partial charge in [0.25, 0.3) is 0 Å². The fourth-order valence-corrected chi connectivity index (χ4v) is 1.45. The summed E-state index contributed by atoms with van der Waals surface area (Å²) >= 11 is 0. The molecule has 0 saturated heterocycles. The zero-order valence-electron chi connectivity index (χ0n) is 10.0. The summed E-state index contributed by atoms with van der Waals surface area (Å²) in [4.78, 5) is 0. The zero-order chi connectivity index (χ0) is 12.8. The summed E-state index contributed by atoms with van der Waals surface area (Å²) in [5.74, 6) is -0.138. The van der Waals surface area contributed by atoms with Gasteiger partial charge in [0.05, 0.1) is 0 Å². The molecule has 17 heavy (non-hydrogen) atoms. The highest BCUT2D eigenvalue weighted by atomic mass is 19.1. The van der Waals surface area contributed by atoms with Crippen molar-refractivity contribution in [3.8, 4) is 0 Å². The van der Waals surface area contributed by atoms with E-state index in [9.17, 15) is 4.39 Å². The van der Waals surface area contributed by atoms with Gasteiger partial charge in [0.15, 0.2) is 0 Å². The molecule has 0 radical (unpaired) electrons. The van der Waals surface area contributed by atoms with Gasteiger partial charge in [0, 0.05) is 18.5 Å². The molecule has 0 aromatic heterocycles. The van der Waals surface area contributed by atoms with Crippen LogP contribution in [0.1, 0.15) is 25.5 Å². The number of oxime groups is 1. The maximum absolute atomic E-state index is 13.0. The number of rotatable bonds is 5. The number of benzene rings is 1. The normalized spacial score (nSPS) is 15.6. The van der Waals surface area contributed by atoms with Crippen molar-refractivity contribution in [3.63, 3.8) is 0 Å². The lowest BCUT2D eigenvalue weighted by Gasteiger charge is -2.17. The van der Waals surface area contributed by atoms with Crippen LogP contribution in [0.2, 0.25) is 0 Å². The van der Waals surface area contributed by atoms with Crippen molar-refractivity contribution in [2.24, 2.45) is 16.8 Å². The quantitative estimate of drug-likeness (QED) is 0.318. The van der Waals surface area contributed by atoms with Gasteiger partial charge in [-0.3, -0.25) is 0 Å². The molecule has 5 heteroatoms. The minimum atomic E-state index is -0.249. The van der Waals surface area contributed by atoms with Crippen LogP contribution in [0.3, 0.4) is 0 Å². The molecule has 1 aromatic rings. The lowest BCUT2D eigenvalue weighted by Crippen LogP contribution is -2.32. The van der Waals surface area contributed by atoms with Gasteiger partial charge in [0.1, 0.15) is 11.7 Å². The lowest BCUT2D eigenvalue weighted by atomic mass is 10.1. The smallest absolute Gasteiger partial charge is 0.143 e. The molecule has 4 nitrogen and oxygen atoms in total. The largest absolute Gasteiger partial charge is 0.409 e. The molecule has 94 valence electrons. The third-order valence-electron chi connectivity index (χ3n) is 2.70. The zero-order valence-corrected chi connectivity index (χ0v) is 10.0. The summed E-state index contributed by atoms with van der Waals surface area (Å²) in [5.41, 5.74) is 6.34. The minimum Gasteiger partial charge on any atom is -0.409 e. The van der Waals surface area contributed by atoms with Crippen LogP contribution in [0, 0.1) is 11.7 Å². The first-order valence-electron chi connectivity index (χ1n) is 5.51. The van der Waals surface area contributed by atoms with Crippen LogP contribution in [0.5, 0.6) is 0 Å². The molecular formula is C12H18FN3O. The Kier molecular flexibility index (Phi) is 4.90. The van der Waals surface area contributed by atoms with Gasteiger partial charge >= 0.3 is 0 Å². The average Bonchev–Trinajstić information content (AvgIpc) is 2.34. The molecule has 0 aliphatic carbocycles. The van der Waals surface area contributed by atoms with Gasteiger partial charge in [-0.2, -0.15) is 0 Å². The molecular weight excluding hydrogens is 221 g/mol. The SMILES string of the molecule is CC(CN[C@H](C)c1cccc(F)c1)/C(N)=N/O. The van der Waals surface area contributed by atoms with E-state index < -0.39 is 0 Å². The fraction of sp³-hybridized carbons (Fsp3) is 0.417. The number of halogens is 1. The van der Waals surface area contributed by atoms with E-state index in [4.69, 9.17) is 10.9 Å². The maximum atomic E-state index is 13.0. The Bertz CT molecular complexity index is 395. The van der Waals surface area contributed by atoms with Crippen molar-refractivity contribution in [2.75, 3.05) is 6.54 Å². The average molecular weight is 239 g/mol. The van der Waals surface area contributed by atoms with Crippen LogP contribution in [-0.2, 0) is 0 Å². The number of hydrogen-bond acceptors (Lipinski definition) is 3. The topological polar surface area (TPSA) is 70.6 Å². The van der Waals surface area contributed by atoms with Gasteiger partial charge in [-0.15, -0.1) is 0 Å². The first-order valence-corrected chi connectivity index (χ1v) is 5.51.